The number of nitrogens with one attached hydrogen (secondary N) is 1. The van der Waals surface area contributed by atoms with E-state index in [2.05, 4.69) is 5.32 Å². The van der Waals surface area contributed by atoms with Gasteiger partial charge in [-0.05, 0) is 37.0 Å². The molecule has 1 aliphatic carbocycles. The van der Waals surface area contributed by atoms with Crippen LogP contribution in [0.25, 0.3) is 0 Å². The molecule has 3 N–H and O–H groups in total. The summed E-state index contributed by atoms with van der Waals surface area (Å²) >= 11 is 11.9. The van der Waals surface area contributed by atoms with Crippen molar-refractivity contribution in [1.82, 2.24) is 5.32 Å². The Bertz CT molecular complexity index is 507. The molecule has 2 rings (SSSR count). The maximum atomic E-state index is 10.7. The number of amides is 1. The Kier molecular flexibility index (Phi) is 3.95. The number of rotatable bonds is 4. The lowest BCUT2D eigenvalue weighted by Gasteiger charge is -2.20. The molecule has 1 saturated carbocycles. The maximum absolute atomic E-state index is 10.7. The molecular formula is C13H15Cl2NO3. The molecular weight excluding hydrogens is 289 g/mol. The Labute approximate surface area is 121 Å². The molecule has 1 aromatic carbocycles. The van der Waals surface area contributed by atoms with E-state index < -0.39 is 12.2 Å². The van der Waals surface area contributed by atoms with Gasteiger partial charge in [0.25, 0.3) is 0 Å². The van der Waals surface area contributed by atoms with Crippen molar-refractivity contribution in [3.8, 4) is 0 Å². The topological polar surface area (TPSA) is 69.6 Å². The van der Waals surface area contributed by atoms with Crippen molar-refractivity contribution in [3.05, 3.63) is 33.8 Å². The SMILES string of the molecule is CC(O)C1CC1(CNC(=O)O)c1ccc(Cl)c(Cl)c1. The van der Waals surface area contributed by atoms with Gasteiger partial charge in [-0.2, -0.15) is 0 Å². The van der Waals surface area contributed by atoms with E-state index in [0.717, 1.165) is 12.0 Å². The summed E-state index contributed by atoms with van der Waals surface area (Å²) in [6.45, 7) is 1.97. The van der Waals surface area contributed by atoms with Crippen molar-refractivity contribution in [1.29, 1.82) is 0 Å². The monoisotopic (exact) mass is 303 g/mol. The molecule has 3 unspecified atom stereocenters. The minimum atomic E-state index is -1.07. The number of carbonyl (C=O) groups is 1. The zero-order valence-electron chi connectivity index (χ0n) is 10.4. The van der Waals surface area contributed by atoms with Gasteiger partial charge in [0, 0.05) is 12.0 Å². The zero-order chi connectivity index (χ0) is 14.2. The van der Waals surface area contributed by atoms with E-state index >= 15 is 0 Å². The average molecular weight is 304 g/mol. The van der Waals surface area contributed by atoms with Crippen molar-refractivity contribution >= 4 is 29.3 Å². The molecule has 6 heteroatoms. The van der Waals surface area contributed by atoms with Gasteiger partial charge in [0.05, 0.1) is 16.1 Å². The first-order valence-electron chi connectivity index (χ1n) is 5.97. The number of carboxylic acid groups (broad SMARTS) is 1. The van der Waals surface area contributed by atoms with Crippen LogP contribution in [0.1, 0.15) is 18.9 Å². The van der Waals surface area contributed by atoms with Crippen LogP contribution in [0.5, 0.6) is 0 Å². The summed E-state index contributed by atoms with van der Waals surface area (Å²) in [4.78, 5) is 10.7. The summed E-state index contributed by atoms with van der Waals surface area (Å²) in [5.74, 6) is 0.0246. The molecule has 0 saturated heterocycles. The molecule has 0 aromatic heterocycles. The van der Waals surface area contributed by atoms with Crippen LogP contribution in [0, 0.1) is 5.92 Å². The lowest BCUT2D eigenvalue weighted by Crippen LogP contribution is -2.33. The van der Waals surface area contributed by atoms with E-state index in [-0.39, 0.29) is 17.9 Å². The molecule has 3 atom stereocenters. The number of benzene rings is 1. The Morgan fingerprint density at radius 2 is 2.21 bits per heavy atom. The first-order valence-corrected chi connectivity index (χ1v) is 6.73. The van der Waals surface area contributed by atoms with Gasteiger partial charge in [0.15, 0.2) is 0 Å². The van der Waals surface area contributed by atoms with E-state index in [4.69, 9.17) is 28.3 Å². The van der Waals surface area contributed by atoms with Gasteiger partial charge in [-0.15, -0.1) is 0 Å². The highest BCUT2D eigenvalue weighted by Gasteiger charge is 2.57. The Balaban J connectivity index is 2.28. The lowest BCUT2D eigenvalue weighted by atomic mass is 9.91. The van der Waals surface area contributed by atoms with Crippen LogP contribution in [0.2, 0.25) is 10.0 Å². The van der Waals surface area contributed by atoms with Crippen molar-refractivity contribution in [2.45, 2.75) is 24.9 Å². The Morgan fingerprint density at radius 3 is 2.68 bits per heavy atom. The van der Waals surface area contributed by atoms with E-state index in [9.17, 15) is 9.90 Å². The minimum absolute atomic E-state index is 0.0246. The van der Waals surface area contributed by atoms with E-state index in [0.29, 0.717) is 10.0 Å². The fourth-order valence-corrected chi connectivity index (χ4v) is 2.94. The van der Waals surface area contributed by atoms with Crippen LogP contribution in [0.15, 0.2) is 18.2 Å². The quantitative estimate of drug-likeness (QED) is 0.801. The molecule has 0 radical (unpaired) electrons. The van der Waals surface area contributed by atoms with Crippen LogP contribution >= 0.6 is 23.2 Å². The maximum Gasteiger partial charge on any atom is 0.404 e. The molecule has 1 aliphatic rings. The summed E-state index contributed by atoms with van der Waals surface area (Å²) in [5, 5.41) is 21.8. The van der Waals surface area contributed by atoms with Gasteiger partial charge in [0.1, 0.15) is 0 Å². The van der Waals surface area contributed by atoms with Crippen molar-refractivity contribution in [2.75, 3.05) is 6.54 Å². The van der Waals surface area contributed by atoms with Gasteiger partial charge < -0.3 is 15.5 Å². The summed E-state index contributed by atoms with van der Waals surface area (Å²) in [7, 11) is 0. The lowest BCUT2D eigenvalue weighted by molar-refractivity contribution is 0.158. The number of hydrogen-bond donors (Lipinski definition) is 3. The van der Waals surface area contributed by atoms with Gasteiger partial charge in [0.2, 0.25) is 0 Å². The third-order valence-electron chi connectivity index (χ3n) is 3.77. The number of halogens is 2. The van der Waals surface area contributed by atoms with Crippen LogP contribution in [-0.4, -0.2) is 29.0 Å². The molecule has 1 aromatic rings. The fraction of sp³-hybridized carbons (Fsp3) is 0.462. The second kappa shape index (κ2) is 5.19. The van der Waals surface area contributed by atoms with E-state index in [1.54, 1.807) is 19.1 Å². The van der Waals surface area contributed by atoms with Gasteiger partial charge in [-0.25, -0.2) is 4.79 Å². The molecule has 1 amide bonds. The zero-order valence-corrected chi connectivity index (χ0v) is 11.9. The summed E-state index contributed by atoms with van der Waals surface area (Å²) in [6, 6.07) is 5.27. The largest absolute Gasteiger partial charge is 0.465 e. The normalized spacial score (nSPS) is 26.8. The number of hydrogen-bond acceptors (Lipinski definition) is 2. The molecule has 1 fully saturated rings. The summed E-state index contributed by atoms with van der Waals surface area (Å²) in [6.07, 6.45) is -0.844. The van der Waals surface area contributed by atoms with E-state index in [1.807, 2.05) is 6.07 Å². The highest BCUT2D eigenvalue weighted by molar-refractivity contribution is 6.42. The third-order valence-corrected chi connectivity index (χ3v) is 4.50. The van der Waals surface area contributed by atoms with Crippen molar-refractivity contribution in [3.63, 3.8) is 0 Å². The van der Waals surface area contributed by atoms with Crippen LogP contribution in [-0.2, 0) is 5.41 Å². The molecule has 0 aliphatic heterocycles. The molecule has 4 nitrogen and oxygen atoms in total. The third kappa shape index (κ3) is 2.81. The van der Waals surface area contributed by atoms with Gasteiger partial charge in [-0.3, -0.25) is 0 Å². The first-order chi connectivity index (χ1) is 8.86. The van der Waals surface area contributed by atoms with Crippen LogP contribution in [0.4, 0.5) is 4.79 Å². The first kappa shape index (κ1) is 14.4. The van der Waals surface area contributed by atoms with Crippen molar-refractivity contribution in [2.24, 2.45) is 5.92 Å². The van der Waals surface area contributed by atoms with Gasteiger partial charge >= 0.3 is 6.09 Å². The molecule has 19 heavy (non-hydrogen) atoms. The fourth-order valence-electron chi connectivity index (χ4n) is 2.64. The molecule has 104 valence electrons. The second-order valence-corrected chi connectivity index (χ2v) is 5.81. The summed E-state index contributed by atoms with van der Waals surface area (Å²) < 4.78 is 0. The highest BCUT2D eigenvalue weighted by Crippen LogP contribution is 2.56. The standard InChI is InChI=1S/C13H15Cl2NO3/c1-7(17)9-5-13(9,6-16-12(18)19)8-2-3-10(14)11(15)4-8/h2-4,7,9,16-17H,5-6H2,1H3,(H,18,19). The second-order valence-electron chi connectivity index (χ2n) is 4.99. The van der Waals surface area contributed by atoms with Crippen LogP contribution in [0.3, 0.4) is 0 Å². The molecule has 0 spiro atoms. The predicted molar refractivity (Wildman–Crippen MR) is 74.0 cm³/mol. The van der Waals surface area contributed by atoms with Crippen LogP contribution < -0.4 is 5.32 Å². The Hall–Kier alpha value is -0.970. The van der Waals surface area contributed by atoms with Gasteiger partial charge in [-0.1, -0.05) is 29.3 Å². The molecule has 0 heterocycles. The summed E-state index contributed by atoms with van der Waals surface area (Å²) in [5.41, 5.74) is 0.516. The Morgan fingerprint density at radius 1 is 1.53 bits per heavy atom. The van der Waals surface area contributed by atoms with Crippen molar-refractivity contribution < 1.29 is 15.0 Å². The smallest absolute Gasteiger partial charge is 0.404 e. The molecule has 0 bridgehead atoms. The number of aliphatic hydroxyl groups is 1. The van der Waals surface area contributed by atoms with E-state index in [1.165, 1.54) is 0 Å². The average Bonchev–Trinajstić information content (AvgIpc) is 3.06. The highest BCUT2D eigenvalue weighted by atomic mass is 35.5. The predicted octanol–water partition coefficient (Wildman–Crippen LogP) is 2.90. The number of aliphatic hydroxyl groups excluding tert-OH is 1. The minimum Gasteiger partial charge on any atom is -0.465 e.